The highest BCUT2D eigenvalue weighted by Gasteiger charge is 2.15. The third-order valence-electron chi connectivity index (χ3n) is 3.59. The van der Waals surface area contributed by atoms with Gasteiger partial charge in [-0.3, -0.25) is 0 Å². The fourth-order valence-corrected chi connectivity index (χ4v) is 2.33. The average molecular weight is 464 g/mol. The van der Waals surface area contributed by atoms with E-state index in [0.29, 0.717) is 12.4 Å². The number of ether oxygens (including phenoxy) is 3. The molecule has 2 heterocycles. The summed E-state index contributed by atoms with van der Waals surface area (Å²) in [6.07, 6.45) is 2.20. The number of methoxy groups -OCH3 is 1. The molecule has 0 saturated carbocycles. The predicted octanol–water partition coefficient (Wildman–Crippen LogP) is 1.96. The van der Waals surface area contributed by atoms with Crippen LogP contribution in [0.4, 0.5) is 0 Å². The standard InChI is InChI=1S/C17H28N4O3.HI/c1-3-18-17(19-9-5-10-24-15-8-11-23-13-15)20-12-14-6-4-7-16(21-14)22-2;/h4,6-7,15H,3,5,8-13H2,1-2H3,(H2,18,19,20);1H. The van der Waals surface area contributed by atoms with Crippen LogP contribution in [0.2, 0.25) is 0 Å². The van der Waals surface area contributed by atoms with Crippen LogP contribution >= 0.6 is 24.0 Å². The molecular formula is C17H29IN4O3. The zero-order valence-corrected chi connectivity index (χ0v) is 17.3. The Balaban J connectivity index is 0.00000312. The normalized spacial score (nSPS) is 17.0. The number of hydrogen-bond donors (Lipinski definition) is 2. The monoisotopic (exact) mass is 464 g/mol. The molecule has 0 aromatic carbocycles. The molecule has 1 unspecified atom stereocenters. The van der Waals surface area contributed by atoms with E-state index in [4.69, 9.17) is 14.2 Å². The predicted molar refractivity (Wildman–Crippen MR) is 109 cm³/mol. The molecule has 1 saturated heterocycles. The maximum Gasteiger partial charge on any atom is 0.213 e. The van der Waals surface area contributed by atoms with Gasteiger partial charge in [-0.15, -0.1) is 24.0 Å². The van der Waals surface area contributed by atoms with Gasteiger partial charge >= 0.3 is 0 Å². The van der Waals surface area contributed by atoms with Gasteiger partial charge in [-0.25, -0.2) is 9.98 Å². The summed E-state index contributed by atoms with van der Waals surface area (Å²) in [5.41, 5.74) is 0.871. The molecule has 1 atom stereocenters. The van der Waals surface area contributed by atoms with E-state index in [-0.39, 0.29) is 30.1 Å². The third kappa shape index (κ3) is 8.68. The molecule has 0 aliphatic carbocycles. The topological polar surface area (TPSA) is 77.0 Å². The van der Waals surface area contributed by atoms with Crippen molar-refractivity contribution in [3.63, 3.8) is 0 Å². The zero-order valence-electron chi connectivity index (χ0n) is 15.0. The fraction of sp³-hybridized carbons (Fsp3) is 0.647. The summed E-state index contributed by atoms with van der Waals surface area (Å²) >= 11 is 0. The minimum Gasteiger partial charge on any atom is -0.481 e. The summed E-state index contributed by atoms with van der Waals surface area (Å²) in [5.74, 6) is 1.39. The lowest BCUT2D eigenvalue weighted by molar-refractivity contribution is 0.0420. The van der Waals surface area contributed by atoms with E-state index in [1.54, 1.807) is 7.11 Å². The molecule has 1 aliphatic heterocycles. The number of aromatic nitrogens is 1. The number of nitrogens with one attached hydrogen (secondary N) is 2. The summed E-state index contributed by atoms with van der Waals surface area (Å²) in [6, 6.07) is 5.68. The van der Waals surface area contributed by atoms with E-state index < -0.39 is 0 Å². The van der Waals surface area contributed by atoms with Crippen LogP contribution in [-0.4, -0.2) is 57.1 Å². The summed E-state index contributed by atoms with van der Waals surface area (Å²) in [4.78, 5) is 8.91. The van der Waals surface area contributed by atoms with E-state index in [9.17, 15) is 0 Å². The zero-order chi connectivity index (χ0) is 17.0. The van der Waals surface area contributed by atoms with Gasteiger partial charge in [0.1, 0.15) is 0 Å². The summed E-state index contributed by atoms with van der Waals surface area (Å²) in [7, 11) is 1.61. The Morgan fingerprint density at radius 2 is 2.28 bits per heavy atom. The fourth-order valence-electron chi connectivity index (χ4n) is 2.33. The number of hydrogen-bond acceptors (Lipinski definition) is 5. The molecule has 7 nitrogen and oxygen atoms in total. The van der Waals surface area contributed by atoms with Crippen LogP contribution in [0.25, 0.3) is 0 Å². The molecule has 8 heteroatoms. The van der Waals surface area contributed by atoms with Crippen molar-refractivity contribution in [2.45, 2.75) is 32.4 Å². The molecule has 25 heavy (non-hydrogen) atoms. The van der Waals surface area contributed by atoms with E-state index in [0.717, 1.165) is 57.4 Å². The van der Waals surface area contributed by atoms with Gasteiger partial charge in [0.05, 0.1) is 32.1 Å². The van der Waals surface area contributed by atoms with E-state index in [1.165, 1.54) is 0 Å². The van der Waals surface area contributed by atoms with Crippen LogP contribution in [0.1, 0.15) is 25.5 Å². The second-order valence-corrected chi connectivity index (χ2v) is 5.50. The first-order valence-corrected chi connectivity index (χ1v) is 8.53. The number of halogens is 1. The number of guanidine groups is 1. The lowest BCUT2D eigenvalue weighted by atomic mass is 10.3. The molecule has 1 fully saturated rings. The number of pyridine rings is 1. The largest absolute Gasteiger partial charge is 0.481 e. The van der Waals surface area contributed by atoms with Crippen molar-refractivity contribution >= 4 is 29.9 Å². The van der Waals surface area contributed by atoms with Crippen molar-refractivity contribution in [1.29, 1.82) is 0 Å². The molecule has 1 aliphatic rings. The highest BCUT2D eigenvalue weighted by atomic mass is 127. The van der Waals surface area contributed by atoms with Gasteiger partial charge in [-0.1, -0.05) is 6.07 Å². The van der Waals surface area contributed by atoms with Crippen molar-refractivity contribution in [3.05, 3.63) is 23.9 Å². The first-order valence-electron chi connectivity index (χ1n) is 8.53. The van der Waals surface area contributed by atoms with Crippen molar-refractivity contribution in [2.24, 2.45) is 4.99 Å². The lowest BCUT2D eigenvalue weighted by Crippen LogP contribution is -2.38. The maximum absolute atomic E-state index is 5.75. The highest BCUT2D eigenvalue weighted by Crippen LogP contribution is 2.08. The van der Waals surface area contributed by atoms with Gasteiger partial charge in [0.2, 0.25) is 5.88 Å². The first kappa shape index (κ1) is 21.9. The molecule has 2 N–H and O–H groups in total. The van der Waals surface area contributed by atoms with Gasteiger partial charge in [0.15, 0.2) is 5.96 Å². The smallest absolute Gasteiger partial charge is 0.213 e. The Labute approximate surface area is 167 Å². The van der Waals surface area contributed by atoms with E-state index in [1.807, 2.05) is 25.1 Å². The van der Waals surface area contributed by atoms with Crippen LogP contribution in [0.5, 0.6) is 5.88 Å². The maximum atomic E-state index is 5.75. The third-order valence-corrected chi connectivity index (χ3v) is 3.59. The van der Waals surface area contributed by atoms with Gasteiger partial charge in [-0.05, 0) is 25.8 Å². The quantitative estimate of drug-likeness (QED) is 0.252. The molecule has 2 rings (SSSR count). The SMILES string of the molecule is CCNC(=NCc1cccc(OC)n1)NCCCOC1CCOC1.I. The number of nitrogens with zero attached hydrogens (tertiary/aromatic N) is 2. The summed E-state index contributed by atoms with van der Waals surface area (Å²) in [6.45, 7) is 6.45. The number of aliphatic imine (C=N–C) groups is 1. The minimum absolute atomic E-state index is 0. The Morgan fingerprint density at radius 1 is 1.40 bits per heavy atom. The Morgan fingerprint density at radius 3 is 3.00 bits per heavy atom. The van der Waals surface area contributed by atoms with Gasteiger partial charge in [0.25, 0.3) is 0 Å². The van der Waals surface area contributed by atoms with Crippen LogP contribution in [0, 0.1) is 0 Å². The van der Waals surface area contributed by atoms with Crippen LogP contribution in [-0.2, 0) is 16.0 Å². The van der Waals surface area contributed by atoms with Crippen LogP contribution < -0.4 is 15.4 Å². The second kappa shape index (κ2) is 13.1. The Bertz CT molecular complexity index is 510. The molecule has 1 aromatic rings. The minimum atomic E-state index is 0. The number of rotatable bonds is 9. The van der Waals surface area contributed by atoms with E-state index in [2.05, 4.69) is 20.6 Å². The van der Waals surface area contributed by atoms with Crippen molar-refractivity contribution < 1.29 is 14.2 Å². The Kier molecular flexibility index (Phi) is 11.5. The first-order chi connectivity index (χ1) is 11.8. The van der Waals surface area contributed by atoms with Crippen molar-refractivity contribution in [2.75, 3.05) is 40.0 Å². The summed E-state index contributed by atoms with van der Waals surface area (Å²) in [5, 5.41) is 6.55. The van der Waals surface area contributed by atoms with Crippen molar-refractivity contribution in [3.8, 4) is 5.88 Å². The van der Waals surface area contributed by atoms with E-state index >= 15 is 0 Å². The van der Waals surface area contributed by atoms with Crippen LogP contribution in [0.15, 0.2) is 23.2 Å². The molecule has 1 aromatic heterocycles. The second-order valence-electron chi connectivity index (χ2n) is 5.50. The average Bonchev–Trinajstić information content (AvgIpc) is 3.13. The van der Waals surface area contributed by atoms with Crippen LogP contribution in [0.3, 0.4) is 0 Å². The molecule has 0 spiro atoms. The van der Waals surface area contributed by atoms with Crippen molar-refractivity contribution in [1.82, 2.24) is 15.6 Å². The van der Waals surface area contributed by atoms with Gasteiger partial charge < -0.3 is 24.8 Å². The molecular weight excluding hydrogens is 435 g/mol. The molecule has 142 valence electrons. The Hall–Kier alpha value is -1.13. The van der Waals surface area contributed by atoms with Gasteiger partial charge in [-0.2, -0.15) is 0 Å². The molecule has 0 amide bonds. The lowest BCUT2D eigenvalue weighted by Gasteiger charge is -2.13. The molecule has 0 radical (unpaired) electrons. The summed E-state index contributed by atoms with van der Waals surface area (Å²) < 4.78 is 16.2. The highest BCUT2D eigenvalue weighted by molar-refractivity contribution is 14.0. The molecule has 0 bridgehead atoms. The van der Waals surface area contributed by atoms with Gasteiger partial charge in [0, 0.05) is 32.4 Å².